The Balaban J connectivity index is 1.70. The highest BCUT2D eigenvalue weighted by Gasteiger charge is 2.23. The summed E-state index contributed by atoms with van der Waals surface area (Å²) in [6.45, 7) is 0. The van der Waals surface area contributed by atoms with Crippen LogP contribution in [0.5, 0.6) is 0 Å². The molecule has 4 nitrogen and oxygen atoms in total. The van der Waals surface area contributed by atoms with Crippen LogP contribution in [0, 0.1) is 0 Å². The molecule has 2 aromatic heterocycles. The van der Waals surface area contributed by atoms with Gasteiger partial charge in [-0.05, 0) is 49.3 Å². The molecule has 1 aliphatic carbocycles. The molecular weight excluding hydrogens is 272 g/mol. The van der Waals surface area contributed by atoms with Crippen LogP contribution >= 0.6 is 11.3 Å². The Hall–Kier alpha value is -1.59. The predicted molar refractivity (Wildman–Crippen MR) is 79.4 cm³/mol. The molecule has 2 aromatic rings. The molecule has 0 spiro atoms. The van der Waals surface area contributed by atoms with Crippen LogP contribution in [0.3, 0.4) is 0 Å². The van der Waals surface area contributed by atoms with E-state index in [1.54, 1.807) is 0 Å². The molecule has 106 valence electrons. The monoisotopic (exact) mass is 290 g/mol. The zero-order valence-electron chi connectivity index (χ0n) is 11.2. The van der Waals surface area contributed by atoms with Gasteiger partial charge in [0.25, 0.3) is 5.91 Å². The van der Waals surface area contributed by atoms with Crippen LogP contribution in [0.1, 0.15) is 35.4 Å². The summed E-state index contributed by atoms with van der Waals surface area (Å²) in [6.07, 6.45) is 6.96. The van der Waals surface area contributed by atoms with Gasteiger partial charge in [-0.2, -0.15) is 0 Å². The maximum atomic E-state index is 12.4. The zero-order valence-corrected chi connectivity index (χ0v) is 12.0. The molecule has 1 aliphatic rings. The Morgan fingerprint density at radius 1 is 1.25 bits per heavy atom. The smallest absolute Gasteiger partial charge is 0.263 e. The minimum Gasteiger partial charge on any atom is -0.393 e. The maximum absolute atomic E-state index is 12.4. The molecule has 0 bridgehead atoms. The van der Waals surface area contributed by atoms with Crippen LogP contribution in [-0.2, 0) is 0 Å². The third-order valence-corrected chi connectivity index (χ3v) is 4.67. The number of rotatable bonds is 3. The number of nitrogens with zero attached hydrogens (tertiary/aromatic N) is 1. The second-order valence-corrected chi connectivity index (χ2v) is 6.12. The standard InChI is InChI=1S/C15H18N2O2S/c18-12-5-3-11(4-6-12)16-15(19)14-13(7-10-20-14)17-8-1-2-9-17/h1-2,7-12,18H,3-6H2,(H,16,19). The number of aliphatic hydroxyl groups is 1. The number of aliphatic hydroxyl groups excluding tert-OH is 1. The largest absolute Gasteiger partial charge is 0.393 e. The maximum Gasteiger partial charge on any atom is 0.263 e. The van der Waals surface area contributed by atoms with Crippen molar-refractivity contribution in [3.8, 4) is 5.69 Å². The van der Waals surface area contributed by atoms with Crippen molar-refractivity contribution in [1.29, 1.82) is 0 Å². The van der Waals surface area contributed by atoms with Gasteiger partial charge in [0.1, 0.15) is 4.88 Å². The van der Waals surface area contributed by atoms with Crippen molar-refractivity contribution in [2.75, 3.05) is 0 Å². The molecule has 5 heteroatoms. The molecule has 0 aliphatic heterocycles. The van der Waals surface area contributed by atoms with Crippen molar-refractivity contribution in [2.45, 2.75) is 37.8 Å². The Kier molecular flexibility index (Phi) is 3.89. The van der Waals surface area contributed by atoms with E-state index in [2.05, 4.69) is 5.32 Å². The topological polar surface area (TPSA) is 54.3 Å². The fraction of sp³-hybridized carbons (Fsp3) is 0.400. The molecule has 3 rings (SSSR count). The second kappa shape index (κ2) is 5.81. The number of hydrogen-bond acceptors (Lipinski definition) is 3. The van der Waals surface area contributed by atoms with Crippen LogP contribution in [0.25, 0.3) is 5.69 Å². The van der Waals surface area contributed by atoms with Gasteiger partial charge in [-0.3, -0.25) is 4.79 Å². The summed E-state index contributed by atoms with van der Waals surface area (Å²) < 4.78 is 1.95. The summed E-state index contributed by atoms with van der Waals surface area (Å²) in [7, 11) is 0. The fourth-order valence-corrected chi connectivity index (χ4v) is 3.44. The summed E-state index contributed by atoms with van der Waals surface area (Å²) in [5, 5.41) is 14.5. The number of amides is 1. The number of nitrogens with one attached hydrogen (secondary N) is 1. The first kappa shape index (κ1) is 13.4. The molecule has 0 saturated heterocycles. The van der Waals surface area contributed by atoms with Gasteiger partial charge >= 0.3 is 0 Å². The number of carbonyl (C=O) groups is 1. The Morgan fingerprint density at radius 2 is 1.95 bits per heavy atom. The molecule has 1 saturated carbocycles. The molecule has 2 heterocycles. The van der Waals surface area contributed by atoms with E-state index >= 15 is 0 Å². The SMILES string of the molecule is O=C(NC1CCC(O)CC1)c1sccc1-n1cccc1. The van der Waals surface area contributed by atoms with E-state index in [0.29, 0.717) is 0 Å². The van der Waals surface area contributed by atoms with Crippen LogP contribution in [0.15, 0.2) is 36.0 Å². The van der Waals surface area contributed by atoms with Crippen molar-refractivity contribution >= 4 is 17.2 Å². The average Bonchev–Trinajstić information content (AvgIpc) is 3.11. The van der Waals surface area contributed by atoms with E-state index < -0.39 is 0 Å². The first-order valence-corrected chi connectivity index (χ1v) is 7.82. The Bertz CT molecular complexity index is 568. The lowest BCUT2D eigenvalue weighted by atomic mass is 9.93. The number of hydrogen-bond donors (Lipinski definition) is 2. The summed E-state index contributed by atoms with van der Waals surface area (Å²) in [5.74, 6) is -0.00918. The third kappa shape index (κ3) is 2.78. The van der Waals surface area contributed by atoms with Gasteiger partial charge < -0.3 is 15.0 Å². The highest BCUT2D eigenvalue weighted by atomic mass is 32.1. The minimum absolute atomic E-state index is 0.00918. The quantitative estimate of drug-likeness (QED) is 0.913. The Labute approximate surface area is 122 Å². The van der Waals surface area contributed by atoms with Crippen molar-refractivity contribution in [1.82, 2.24) is 9.88 Å². The lowest BCUT2D eigenvalue weighted by Crippen LogP contribution is -2.38. The molecule has 20 heavy (non-hydrogen) atoms. The minimum atomic E-state index is -0.194. The normalized spacial score (nSPS) is 22.6. The lowest BCUT2D eigenvalue weighted by Gasteiger charge is -2.26. The van der Waals surface area contributed by atoms with E-state index in [4.69, 9.17) is 0 Å². The molecule has 0 aromatic carbocycles. The first-order chi connectivity index (χ1) is 9.74. The molecule has 2 N–H and O–H groups in total. The Morgan fingerprint density at radius 3 is 2.65 bits per heavy atom. The molecular formula is C15H18N2O2S. The van der Waals surface area contributed by atoms with Gasteiger partial charge in [0.2, 0.25) is 0 Å². The average molecular weight is 290 g/mol. The van der Waals surface area contributed by atoms with Gasteiger partial charge in [-0.1, -0.05) is 0 Å². The molecule has 0 unspecified atom stereocenters. The van der Waals surface area contributed by atoms with Crippen LogP contribution in [0.4, 0.5) is 0 Å². The van der Waals surface area contributed by atoms with Crippen LogP contribution in [-0.4, -0.2) is 27.7 Å². The summed E-state index contributed by atoms with van der Waals surface area (Å²) >= 11 is 1.46. The molecule has 0 atom stereocenters. The van der Waals surface area contributed by atoms with Gasteiger partial charge in [0, 0.05) is 18.4 Å². The molecule has 0 radical (unpaired) electrons. The van der Waals surface area contributed by atoms with Crippen molar-refractivity contribution in [3.05, 3.63) is 40.8 Å². The van der Waals surface area contributed by atoms with E-state index in [9.17, 15) is 9.90 Å². The summed E-state index contributed by atoms with van der Waals surface area (Å²) in [6, 6.07) is 6.04. The van der Waals surface area contributed by atoms with Gasteiger partial charge in [-0.15, -0.1) is 11.3 Å². The number of thiophene rings is 1. The summed E-state index contributed by atoms with van der Waals surface area (Å²) in [4.78, 5) is 13.1. The van der Waals surface area contributed by atoms with E-state index in [1.165, 1.54) is 11.3 Å². The number of aromatic nitrogens is 1. The van der Waals surface area contributed by atoms with Crippen LogP contribution in [0.2, 0.25) is 0 Å². The highest BCUT2D eigenvalue weighted by Crippen LogP contribution is 2.23. The van der Waals surface area contributed by atoms with E-state index in [0.717, 1.165) is 36.2 Å². The van der Waals surface area contributed by atoms with Gasteiger partial charge in [-0.25, -0.2) is 0 Å². The first-order valence-electron chi connectivity index (χ1n) is 6.94. The van der Waals surface area contributed by atoms with Crippen molar-refractivity contribution in [2.24, 2.45) is 0 Å². The van der Waals surface area contributed by atoms with Gasteiger partial charge in [0.15, 0.2) is 0 Å². The predicted octanol–water partition coefficient (Wildman–Crippen LogP) is 2.57. The third-order valence-electron chi connectivity index (χ3n) is 3.77. The lowest BCUT2D eigenvalue weighted by molar-refractivity contribution is 0.0871. The van der Waals surface area contributed by atoms with Gasteiger partial charge in [0.05, 0.1) is 11.8 Å². The second-order valence-electron chi connectivity index (χ2n) is 5.20. The van der Waals surface area contributed by atoms with Crippen LogP contribution < -0.4 is 5.32 Å². The fourth-order valence-electron chi connectivity index (χ4n) is 2.64. The number of carbonyl (C=O) groups excluding carboxylic acids is 1. The highest BCUT2D eigenvalue weighted by molar-refractivity contribution is 7.12. The van der Waals surface area contributed by atoms with E-state index in [1.807, 2.05) is 40.5 Å². The summed E-state index contributed by atoms with van der Waals surface area (Å²) in [5.41, 5.74) is 0.924. The van der Waals surface area contributed by atoms with E-state index in [-0.39, 0.29) is 18.1 Å². The molecule has 1 amide bonds. The zero-order chi connectivity index (χ0) is 13.9. The van der Waals surface area contributed by atoms with Crippen molar-refractivity contribution in [3.63, 3.8) is 0 Å². The van der Waals surface area contributed by atoms with Crippen molar-refractivity contribution < 1.29 is 9.90 Å². The molecule has 1 fully saturated rings.